The summed E-state index contributed by atoms with van der Waals surface area (Å²) in [5.74, 6) is 0. The molecule has 0 aliphatic carbocycles. The van der Waals surface area contributed by atoms with Gasteiger partial charge in [-0.2, -0.15) is 0 Å². The minimum Gasteiger partial charge on any atom is -0.384 e. The first-order chi connectivity index (χ1) is 6.70. The SMILES string of the molecule is CC(CN)(CN)CNc1ccccc1. The molecule has 0 heterocycles. The van der Waals surface area contributed by atoms with Gasteiger partial charge in [-0.05, 0) is 12.1 Å². The fourth-order valence-corrected chi connectivity index (χ4v) is 1.10. The van der Waals surface area contributed by atoms with Crippen LogP contribution >= 0.6 is 0 Å². The van der Waals surface area contributed by atoms with E-state index in [0.29, 0.717) is 13.1 Å². The molecular weight excluding hydrogens is 174 g/mol. The van der Waals surface area contributed by atoms with Crippen LogP contribution in [0.15, 0.2) is 30.3 Å². The van der Waals surface area contributed by atoms with Gasteiger partial charge in [-0.15, -0.1) is 0 Å². The Bertz CT molecular complexity index is 254. The number of para-hydroxylation sites is 1. The number of hydrogen-bond donors (Lipinski definition) is 3. The molecule has 5 N–H and O–H groups in total. The normalized spacial score (nSPS) is 11.4. The van der Waals surface area contributed by atoms with Crippen LogP contribution in [0, 0.1) is 5.41 Å². The molecule has 0 spiro atoms. The highest BCUT2D eigenvalue weighted by Crippen LogP contribution is 2.14. The molecule has 0 atom stereocenters. The average molecular weight is 193 g/mol. The summed E-state index contributed by atoms with van der Waals surface area (Å²) in [5, 5.41) is 3.33. The Balaban J connectivity index is 2.48. The monoisotopic (exact) mass is 193 g/mol. The van der Waals surface area contributed by atoms with Crippen LogP contribution in [0.5, 0.6) is 0 Å². The maximum absolute atomic E-state index is 5.66. The van der Waals surface area contributed by atoms with Crippen molar-refractivity contribution < 1.29 is 0 Å². The molecule has 78 valence electrons. The number of rotatable bonds is 5. The van der Waals surface area contributed by atoms with Crippen molar-refractivity contribution in [3.63, 3.8) is 0 Å². The predicted molar refractivity (Wildman–Crippen MR) is 61.1 cm³/mol. The zero-order chi connectivity index (χ0) is 10.4. The van der Waals surface area contributed by atoms with E-state index >= 15 is 0 Å². The highest BCUT2D eigenvalue weighted by atomic mass is 14.9. The van der Waals surface area contributed by atoms with Crippen LogP contribution in [0.1, 0.15) is 6.92 Å². The Morgan fingerprint density at radius 1 is 1.14 bits per heavy atom. The highest BCUT2D eigenvalue weighted by Gasteiger charge is 2.19. The Labute approximate surface area is 85.5 Å². The van der Waals surface area contributed by atoms with Gasteiger partial charge >= 0.3 is 0 Å². The van der Waals surface area contributed by atoms with E-state index in [-0.39, 0.29) is 5.41 Å². The third-order valence-corrected chi connectivity index (χ3v) is 2.48. The van der Waals surface area contributed by atoms with Gasteiger partial charge in [0.25, 0.3) is 0 Å². The van der Waals surface area contributed by atoms with Crippen LogP contribution in [0.2, 0.25) is 0 Å². The third kappa shape index (κ3) is 3.01. The summed E-state index contributed by atoms with van der Waals surface area (Å²) in [6.07, 6.45) is 0. The van der Waals surface area contributed by atoms with Gasteiger partial charge in [0.1, 0.15) is 0 Å². The van der Waals surface area contributed by atoms with E-state index in [1.807, 2.05) is 30.3 Å². The zero-order valence-corrected chi connectivity index (χ0v) is 8.66. The van der Waals surface area contributed by atoms with E-state index in [1.165, 1.54) is 0 Å². The van der Waals surface area contributed by atoms with Crippen LogP contribution < -0.4 is 16.8 Å². The maximum Gasteiger partial charge on any atom is 0.0340 e. The molecule has 0 unspecified atom stereocenters. The second-order valence-electron chi connectivity index (χ2n) is 3.94. The zero-order valence-electron chi connectivity index (χ0n) is 8.66. The molecule has 3 nitrogen and oxygen atoms in total. The van der Waals surface area contributed by atoms with Crippen molar-refractivity contribution >= 4 is 5.69 Å². The van der Waals surface area contributed by atoms with Crippen LogP contribution in [-0.4, -0.2) is 19.6 Å². The van der Waals surface area contributed by atoms with Crippen LogP contribution in [0.4, 0.5) is 5.69 Å². The molecule has 1 rings (SSSR count). The van der Waals surface area contributed by atoms with E-state index in [9.17, 15) is 0 Å². The van der Waals surface area contributed by atoms with E-state index in [1.54, 1.807) is 0 Å². The number of anilines is 1. The molecule has 0 radical (unpaired) electrons. The summed E-state index contributed by atoms with van der Waals surface area (Å²) in [5.41, 5.74) is 12.4. The lowest BCUT2D eigenvalue weighted by molar-refractivity contribution is 0.373. The number of nitrogens with one attached hydrogen (secondary N) is 1. The fraction of sp³-hybridized carbons (Fsp3) is 0.455. The number of benzene rings is 1. The third-order valence-electron chi connectivity index (χ3n) is 2.48. The van der Waals surface area contributed by atoms with E-state index in [2.05, 4.69) is 12.2 Å². The highest BCUT2D eigenvalue weighted by molar-refractivity contribution is 5.42. The van der Waals surface area contributed by atoms with Gasteiger partial charge in [-0.3, -0.25) is 0 Å². The Morgan fingerprint density at radius 2 is 1.71 bits per heavy atom. The van der Waals surface area contributed by atoms with Crippen molar-refractivity contribution in [2.45, 2.75) is 6.92 Å². The van der Waals surface area contributed by atoms with Gasteiger partial charge in [0.2, 0.25) is 0 Å². The van der Waals surface area contributed by atoms with Crippen LogP contribution in [0.3, 0.4) is 0 Å². The molecule has 0 amide bonds. The van der Waals surface area contributed by atoms with Crippen molar-refractivity contribution in [2.24, 2.45) is 16.9 Å². The lowest BCUT2D eigenvalue weighted by atomic mass is 9.91. The first-order valence-corrected chi connectivity index (χ1v) is 4.89. The minimum absolute atomic E-state index is 0.0180. The Hall–Kier alpha value is -1.06. The molecule has 0 aromatic heterocycles. The van der Waals surface area contributed by atoms with Crippen molar-refractivity contribution in [3.05, 3.63) is 30.3 Å². The van der Waals surface area contributed by atoms with Crippen LogP contribution in [-0.2, 0) is 0 Å². The van der Waals surface area contributed by atoms with Crippen LogP contribution in [0.25, 0.3) is 0 Å². The molecule has 14 heavy (non-hydrogen) atoms. The summed E-state index contributed by atoms with van der Waals surface area (Å²) in [6.45, 7) is 4.10. The second-order valence-corrected chi connectivity index (χ2v) is 3.94. The first-order valence-electron chi connectivity index (χ1n) is 4.89. The van der Waals surface area contributed by atoms with Gasteiger partial charge in [0.05, 0.1) is 0 Å². The smallest absolute Gasteiger partial charge is 0.0340 e. The largest absolute Gasteiger partial charge is 0.384 e. The molecule has 3 heteroatoms. The lowest BCUT2D eigenvalue weighted by Gasteiger charge is -2.26. The van der Waals surface area contributed by atoms with Gasteiger partial charge in [-0.1, -0.05) is 25.1 Å². The second kappa shape index (κ2) is 4.98. The molecule has 0 bridgehead atoms. The summed E-state index contributed by atoms with van der Waals surface area (Å²) in [6, 6.07) is 10.1. The average Bonchev–Trinajstić information content (AvgIpc) is 2.27. The molecular formula is C11H19N3. The number of hydrogen-bond acceptors (Lipinski definition) is 3. The Kier molecular flexibility index (Phi) is 3.92. The van der Waals surface area contributed by atoms with E-state index in [4.69, 9.17) is 11.5 Å². The summed E-state index contributed by atoms with van der Waals surface area (Å²) in [7, 11) is 0. The number of nitrogens with two attached hydrogens (primary N) is 2. The van der Waals surface area contributed by atoms with Crippen molar-refractivity contribution in [1.82, 2.24) is 0 Å². The van der Waals surface area contributed by atoms with Crippen molar-refractivity contribution in [2.75, 3.05) is 25.0 Å². The molecule has 0 aliphatic rings. The minimum atomic E-state index is -0.0180. The van der Waals surface area contributed by atoms with Gasteiger partial charge in [-0.25, -0.2) is 0 Å². The molecule has 0 saturated heterocycles. The van der Waals surface area contributed by atoms with Crippen molar-refractivity contribution in [3.8, 4) is 0 Å². The topological polar surface area (TPSA) is 64.1 Å². The molecule has 1 aromatic carbocycles. The molecule has 0 fully saturated rings. The quantitative estimate of drug-likeness (QED) is 0.654. The fourth-order valence-electron chi connectivity index (χ4n) is 1.10. The lowest BCUT2D eigenvalue weighted by Crippen LogP contribution is -2.40. The summed E-state index contributed by atoms with van der Waals surface area (Å²) < 4.78 is 0. The van der Waals surface area contributed by atoms with Crippen molar-refractivity contribution in [1.29, 1.82) is 0 Å². The molecule has 1 aromatic rings. The van der Waals surface area contributed by atoms with Gasteiger partial charge in [0.15, 0.2) is 0 Å². The standard InChI is InChI=1S/C11H19N3/c1-11(7-12,8-13)9-14-10-5-3-2-4-6-10/h2-6,14H,7-9,12-13H2,1H3. The van der Waals surface area contributed by atoms with Gasteiger partial charge < -0.3 is 16.8 Å². The molecule has 0 aliphatic heterocycles. The molecule has 0 saturated carbocycles. The van der Waals surface area contributed by atoms with Gasteiger partial charge in [0, 0.05) is 30.7 Å². The summed E-state index contributed by atoms with van der Waals surface area (Å²) in [4.78, 5) is 0. The van der Waals surface area contributed by atoms with E-state index in [0.717, 1.165) is 12.2 Å². The van der Waals surface area contributed by atoms with E-state index < -0.39 is 0 Å². The first kappa shape index (κ1) is 11.0. The Morgan fingerprint density at radius 3 is 2.21 bits per heavy atom. The predicted octanol–water partition coefficient (Wildman–Crippen LogP) is 1.02. The summed E-state index contributed by atoms with van der Waals surface area (Å²) >= 11 is 0. The maximum atomic E-state index is 5.66.